The van der Waals surface area contributed by atoms with Gasteiger partial charge >= 0.3 is 0 Å². The third kappa shape index (κ3) is 2.47. The predicted molar refractivity (Wildman–Crippen MR) is 78.3 cm³/mol. The van der Waals surface area contributed by atoms with Crippen LogP contribution in [0.5, 0.6) is 0 Å². The number of aromatic nitrogens is 3. The van der Waals surface area contributed by atoms with Gasteiger partial charge in [0.25, 0.3) is 0 Å². The molecule has 1 aromatic heterocycles. The van der Waals surface area contributed by atoms with E-state index < -0.39 is 5.41 Å². The van der Waals surface area contributed by atoms with Gasteiger partial charge in [-0.3, -0.25) is 14.5 Å². The Morgan fingerprint density at radius 3 is 2.24 bits per heavy atom. The lowest BCUT2D eigenvalue weighted by Gasteiger charge is -2.23. The fourth-order valence-electron chi connectivity index (χ4n) is 2.98. The maximum atomic E-state index is 12.6. The molecule has 1 saturated heterocycles. The summed E-state index contributed by atoms with van der Waals surface area (Å²) in [5.41, 5.74) is -0.517. The Kier molecular flexibility index (Phi) is 4.16. The molecule has 0 N–H and O–H groups in total. The van der Waals surface area contributed by atoms with E-state index in [4.69, 9.17) is 0 Å². The Balaban J connectivity index is 2.24. The fourth-order valence-corrected chi connectivity index (χ4v) is 2.98. The van der Waals surface area contributed by atoms with E-state index in [2.05, 4.69) is 10.2 Å². The van der Waals surface area contributed by atoms with E-state index in [-0.39, 0.29) is 24.3 Å². The molecule has 1 aliphatic rings. The molecule has 0 aromatic carbocycles. The monoisotopic (exact) mass is 292 g/mol. The smallest absolute Gasteiger partial charge is 0.236 e. The predicted octanol–water partition coefficient (Wildman–Crippen LogP) is 2.00. The summed E-state index contributed by atoms with van der Waals surface area (Å²) in [7, 11) is 1.88. The second-order valence-electron chi connectivity index (χ2n) is 6.14. The lowest BCUT2D eigenvalue weighted by atomic mass is 9.81. The van der Waals surface area contributed by atoms with Gasteiger partial charge in [-0.05, 0) is 12.8 Å². The Morgan fingerprint density at radius 1 is 1.19 bits per heavy atom. The number of hydrogen-bond donors (Lipinski definition) is 0. The molecule has 2 rings (SSSR count). The highest BCUT2D eigenvalue weighted by atomic mass is 16.2. The SMILES string of the molecule is CCC1(CC)CC(=O)N(Cc2nnc(C(C)C)n2C)C1=O. The summed E-state index contributed by atoms with van der Waals surface area (Å²) < 4.78 is 1.88. The second-order valence-corrected chi connectivity index (χ2v) is 6.14. The molecule has 0 spiro atoms. The average Bonchev–Trinajstić information content (AvgIpc) is 2.92. The first-order chi connectivity index (χ1) is 9.86. The van der Waals surface area contributed by atoms with Crippen LogP contribution in [-0.2, 0) is 23.2 Å². The van der Waals surface area contributed by atoms with Gasteiger partial charge in [0.15, 0.2) is 5.82 Å². The van der Waals surface area contributed by atoms with Crippen molar-refractivity contribution in [3.05, 3.63) is 11.6 Å². The first-order valence-corrected chi connectivity index (χ1v) is 7.59. The summed E-state index contributed by atoms with van der Waals surface area (Å²) in [5, 5.41) is 8.28. The second kappa shape index (κ2) is 5.58. The third-order valence-corrected chi connectivity index (χ3v) is 4.66. The van der Waals surface area contributed by atoms with Gasteiger partial charge in [0, 0.05) is 19.4 Å². The largest absolute Gasteiger partial charge is 0.316 e. The van der Waals surface area contributed by atoms with Crippen molar-refractivity contribution in [3.63, 3.8) is 0 Å². The van der Waals surface area contributed by atoms with Crippen molar-refractivity contribution >= 4 is 11.8 Å². The minimum atomic E-state index is -0.517. The molecule has 0 saturated carbocycles. The van der Waals surface area contributed by atoms with Crippen LogP contribution in [0, 0.1) is 5.41 Å². The Morgan fingerprint density at radius 2 is 1.81 bits per heavy atom. The molecule has 21 heavy (non-hydrogen) atoms. The summed E-state index contributed by atoms with van der Waals surface area (Å²) in [5.74, 6) is 1.61. The molecule has 0 aliphatic carbocycles. The average molecular weight is 292 g/mol. The minimum absolute atomic E-state index is 0.0633. The number of nitrogens with zero attached hydrogens (tertiary/aromatic N) is 4. The van der Waals surface area contributed by atoms with E-state index >= 15 is 0 Å². The molecule has 2 heterocycles. The van der Waals surface area contributed by atoms with Crippen LogP contribution >= 0.6 is 0 Å². The molecule has 2 amide bonds. The molecular formula is C15H24N4O2. The topological polar surface area (TPSA) is 68.1 Å². The molecule has 0 unspecified atom stereocenters. The normalized spacial score (nSPS) is 18.1. The summed E-state index contributed by atoms with van der Waals surface area (Å²) >= 11 is 0. The maximum absolute atomic E-state index is 12.6. The number of carbonyl (C=O) groups excluding carboxylic acids is 2. The van der Waals surface area contributed by atoms with Gasteiger partial charge in [-0.1, -0.05) is 27.7 Å². The molecule has 0 radical (unpaired) electrons. The summed E-state index contributed by atoms with van der Waals surface area (Å²) in [4.78, 5) is 26.2. The van der Waals surface area contributed by atoms with Crippen molar-refractivity contribution < 1.29 is 9.59 Å². The Labute approximate surface area is 125 Å². The maximum Gasteiger partial charge on any atom is 0.236 e. The van der Waals surface area contributed by atoms with Crippen molar-refractivity contribution in [2.45, 2.75) is 59.4 Å². The van der Waals surface area contributed by atoms with Gasteiger partial charge in [-0.15, -0.1) is 10.2 Å². The molecule has 6 nitrogen and oxygen atoms in total. The number of likely N-dealkylation sites (tertiary alicyclic amines) is 1. The van der Waals surface area contributed by atoms with Crippen molar-refractivity contribution in [3.8, 4) is 0 Å². The molecular weight excluding hydrogens is 268 g/mol. The highest BCUT2D eigenvalue weighted by molar-refractivity contribution is 6.05. The number of imide groups is 1. The van der Waals surface area contributed by atoms with Crippen LogP contribution in [0.2, 0.25) is 0 Å². The first-order valence-electron chi connectivity index (χ1n) is 7.59. The van der Waals surface area contributed by atoms with Crippen LogP contribution in [0.15, 0.2) is 0 Å². The molecule has 6 heteroatoms. The highest BCUT2D eigenvalue weighted by Crippen LogP contribution is 2.39. The van der Waals surface area contributed by atoms with Gasteiger partial charge in [-0.25, -0.2) is 0 Å². The first kappa shape index (κ1) is 15.7. The molecule has 116 valence electrons. The van der Waals surface area contributed by atoms with E-state index in [1.807, 2.05) is 39.3 Å². The Hall–Kier alpha value is -1.72. The van der Waals surface area contributed by atoms with Crippen LogP contribution in [0.25, 0.3) is 0 Å². The molecule has 1 aromatic rings. The minimum Gasteiger partial charge on any atom is -0.316 e. The lowest BCUT2D eigenvalue weighted by molar-refractivity contribution is -0.142. The van der Waals surface area contributed by atoms with Crippen molar-refractivity contribution in [2.24, 2.45) is 12.5 Å². The highest BCUT2D eigenvalue weighted by Gasteiger charge is 2.49. The van der Waals surface area contributed by atoms with Crippen LogP contribution < -0.4 is 0 Å². The summed E-state index contributed by atoms with van der Waals surface area (Å²) in [6.45, 7) is 8.24. The van der Waals surface area contributed by atoms with Crippen LogP contribution in [0.4, 0.5) is 0 Å². The zero-order chi connectivity index (χ0) is 15.8. The molecule has 0 bridgehead atoms. The summed E-state index contributed by atoms with van der Waals surface area (Å²) in [6.07, 6.45) is 1.70. The lowest BCUT2D eigenvalue weighted by Crippen LogP contribution is -2.35. The van der Waals surface area contributed by atoms with Crippen molar-refractivity contribution in [1.82, 2.24) is 19.7 Å². The number of hydrogen-bond acceptors (Lipinski definition) is 4. The van der Waals surface area contributed by atoms with Crippen LogP contribution in [0.1, 0.15) is 64.5 Å². The fraction of sp³-hybridized carbons (Fsp3) is 0.733. The quantitative estimate of drug-likeness (QED) is 0.778. The number of rotatable bonds is 5. The molecule has 0 atom stereocenters. The van der Waals surface area contributed by atoms with E-state index in [0.717, 1.165) is 5.82 Å². The van der Waals surface area contributed by atoms with E-state index in [1.54, 1.807) is 0 Å². The molecule has 1 fully saturated rings. The zero-order valence-electron chi connectivity index (χ0n) is 13.5. The third-order valence-electron chi connectivity index (χ3n) is 4.66. The van der Waals surface area contributed by atoms with E-state index in [0.29, 0.717) is 25.1 Å². The standard InChI is InChI=1S/C15H24N4O2/c1-6-15(7-2)8-12(20)19(14(15)21)9-11-16-17-13(10(3)4)18(11)5/h10H,6-9H2,1-5H3. The van der Waals surface area contributed by atoms with E-state index in [1.165, 1.54) is 4.90 Å². The van der Waals surface area contributed by atoms with Gasteiger partial charge in [0.2, 0.25) is 11.8 Å². The van der Waals surface area contributed by atoms with Crippen molar-refractivity contribution in [1.29, 1.82) is 0 Å². The molecule has 1 aliphatic heterocycles. The zero-order valence-corrected chi connectivity index (χ0v) is 13.5. The van der Waals surface area contributed by atoms with Gasteiger partial charge in [0.05, 0.1) is 12.0 Å². The van der Waals surface area contributed by atoms with Gasteiger partial charge in [-0.2, -0.15) is 0 Å². The van der Waals surface area contributed by atoms with Gasteiger partial charge < -0.3 is 4.57 Å². The Bertz CT molecular complexity index is 558. The van der Waals surface area contributed by atoms with Gasteiger partial charge in [0.1, 0.15) is 5.82 Å². The number of amides is 2. The number of carbonyl (C=O) groups is 2. The van der Waals surface area contributed by atoms with Crippen molar-refractivity contribution in [2.75, 3.05) is 0 Å². The summed E-state index contributed by atoms with van der Waals surface area (Å²) in [6, 6.07) is 0. The van der Waals surface area contributed by atoms with Crippen LogP contribution in [-0.4, -0.2) is 31.5 Å². The van der Waals surface area contributed by atoms with E-state index in [9.17, 15) is 9.59 Å². The van der Waals surface area contributed by atoms with Crippen LogP contribution in [0.3, 0.4) is 0 Å².